The van der Waals surface area contributed by atoms with Gasteiger partial charge in [-0.3, -0.25) is 4.99 Å². The number of rotatable bonds is 2. The van der Waals surface area contributed by atoms with Crippen LogP contribution < -0.4 is 0 Å². The van der Waals surface area contributed by atoms with Crippen LogP contribution in [0.15, 0.2) is 47.5 Å². The van der Waals surface area contributed by atoms with Gasteiger partial charge in [-0.15, -0.1) is 0 Å². The fraction of sp³-hybridized carbons (Fsp3) is 0. The molecule has 86 valence electrons. The van der Waals surface area contributed by atoms with E-state index in [2.05, 4.69) is 4.99 Å². The summed E-state index contributed by atoms with van der Waals surface area (Å²) in [6.45, 7) is 0. The van der Waals surface area contributed by atoms with E-state index >= 15 is 0 Å². The maximum Gasteiger partial charge on any atom is 0.202 e. The van der Waals surface area contributed by atoms with Crippen molar-refractivity contribution in [2.24, 2.45) is 4.99 Å². The van der Waals surface area contributed by atoms with Gasteiger partial charge in [-0.2, -0.15) is 0 Å². The summed E-state index contributed by atoms with van der Waals surface area (Å²) in [4.78, 5) is 4.03. The molecule has 0 unspecified atom stereocenters. The van der Waals surface area contributed by atoms with Crippen LogP contribution in [0, 0.1) is 0 Å². The van der Waals surface area contributed by atoms with Crippen LogP contribution in [0.2, 0.25) is 0 Å². The molecule has 0 aliphatic carbocycles. The Morgan fingerprint density at radius 3 is 2.24 bits per heavy atom. The van der Waals surface area contributed by atoms with Crippen LogP contribution >= 0.6 is 0 Å². The molecule has 2 aromatic rings. The van der Waals surface area contributed by atoms with Gasteiger partial charge in [0.1, 0.15) is 5.69 Å². The Bertz CT molecular complexity index is 550. The van der Waals surface area contributed by atoms with Crippen molar-refractivity contribution in [2.45, 2.75) is 0 Å². The molecule has 0 atom stereocenters. The summed E-state index contributed by atoms with van der Waals surface area (Å²) in [5, 5.41) is 28.0. The lowest BCUT2D eigenvalue weighted by atomic mass is 10.2. The molecule has 0 saturated heterocycles. The smallest absolute Gasteiger partial charge is 0.202 e. The second kappa shape index (κ2) is 4.57. The zero-order chi connectivity index (χ0) is 12.3. The van der Waals surface area contributed by atoms with Crippen LogP contribution in [0.5, 0.6) is 17.2 Å². The Balaban J connectivity index is 2.31. The highest BCUT2D eigenvalue weighted by molar-refractivity contribution is 5.83. The maximum atomic E-state index is 9.53. The van der Waals surface area contributed by atoms with E-state index in [9.17, 15) is 10.2 Å². The quantitative estimate of drug-likeness (QED) is 0.547. The molecular formula is C13H11NO3. The summed E-state index contributed by atoms with van der Waals surface area (Å²) in [5.41, 5.74) is 1.07. The molecule has 2 aromatic carbocycles. The third-order valence-corrected chi connectivity index (χ3v) is 2.26. The molecule has 0 aliphatic heterocycles. The van der Waals surface area contributed by atoms with Crippen LogP contribution in [0.25, 0.3) is 0 Å². The van der Waals surface area contributed by atoms with Crippen molar-refractivity contribution >= 4 is 11.9 Å². The molecule has 17 heavy (non-hydrogen) atoms. The predicted molar refractivity (Wildman–Crippen MR) is 65.1 cm³/mol. The molecule has 0 fully saturated rings. The van der Waals surface area contributed by atoms with Crippen molar-refractivity contribution in [1.29, 1.82) is 0 Å². The lowest BCUT2D eigenvalue weighted by Crippen LogP contribution is -1.79. The Hall–Kier alpha value is -2.49. The Morgan fingerprint density at radius 1 is 0.824 bits per heavy atom. The molecule has 0 spiro atoms. The van der Waals surface area contributed by atoms with Crippen LogP contribution in [0.4, 0.5) is 5.69 Å². The highest BCUT2D eigenvalue weighted by Gasteiger charge is 2.09. The van der Waals surface area contributed by atoms with E-state index < -0.39 is 11.5 Å². The normalized spacial score (nSPS) is 10.8. The number of phenols is 3. The van der Waals surface area contributed by atoms with Crippen LogP contribution in [-0.4, -0.2) is 21.5 Å². The Kier molecular flexibility index (Phi) is 2.96. The summed E-state index contributed by atoms with van der Waals surface area (Å²) in [6.07, 6.45) is 1.56. The molecule has 0 bridgehead atoms. The minimum absolute atomic E-state index is 0.198. The van der Waals surface area contributed by atoms with Crippen molar-refractivity contribution in [3.05, 3.63) is 48.0 Å². The highest BCUT2D eigenvalue weighted by Crippen LogP contribution is 2.41. The highest BCUT2D eigenvalue weighted by atomic mass is 16.3. The lowest BCUT2D eigenvalue weighted by molar-refractivity contribution is 0.369. The van der Waals surface area contributed by atoms with Gasteiger partial charge >= 0.3 is 0 Å². The van der Waals surface area contributed by atoms with E-state index in [-0.39, 0.29) is 11.4 Å². The van der Waals surface area contributed by atoms with E-state index in [1.165, 1.54) is 12.1 Å². The molecule has 2 rings (SSSR count). The SMILES string of the molecule is Oc1ccc(/N=C/c2ccccc2)c(O)c1O. The second-order valence-corrected chi connectivity index (χ2v) is 3.47. The first kappa shape index (κ1) is 11.0. The van der Waals surface area contributed by atoms with Crippen molar-refractivity contribution in [1.82, 2.24) is 0 Å². The van der Waals surface area contributed by atoms with E-state index in [4.69, 9.17) is 5.11 Å². The first-order chi connectivity index (χ1) is 8.18. The van der Waals surface area contributed by atoms with Gasteiger partial charge in [0.25, 0.3) is 0 Å². The molecule has 0 aliphatic rings. The number of nitrogens with zero attached hydrogens (tertiary/aromatic N) is 1. The van der Waals surface area contributed by atoms with Crippen LogP contribution in [-0.2, 0) is 0 Å². The monoisotopic (exact) mass is 229 g/mol. The fourth-order valence-corrected chi connectivity index (χ4v) is 1.35. The minimum Gasteiger partial charge on any atom is -0.504 e. The number of benzene rings is 2. The largest absolute Gasteiger partial charge is 0.504 e. The maximum absolute atomic E-state index is 9.53. The van der Waals surface area contributed by atoms with Crippen LogP contribution in [0.3, 0.4) is 0 Å². The van der Waals surface area contributed by atoms with Gasteiger partial charge in [-0.1, -0.05) is 30.3 Å². The molecule has 0 heterocycles. The molecule has 4 heteroatoms. The summed E-state index contributed by atoms with van der Waals surface area (Å²) in [6, 6.07) is 12.0. The van der Waals surface area contributed by atoms with E-state index in [0.717, 1.165) is 5.56 Å². The standard InChI is InChI=1S/C13H11NO3/c15-11-7-6-10(12(16)13(11)17)14-8-9-4-2-1-3-5-9/h1-8,15-17H/b14-8+. The summed E-state index contributed by atoms with van der Waals surface area (Å²) < 4.78 is 0. The molecule has 0 saturated carbocycles. The van der Waals surface area contributed by atoms with E-state index in [1.54, 1.807) is 6.21 Å². The number of aliphatic imine (C=N–C) groups is 1. The number of phenolic OH excluding ortho intramolecular Hbond substituents is 3. The number of hydrogen-bond acceptors (Lipinski definition) is 4. The molecule has 4 nitrogen and oxygen atoms in total. The number of aromatic hydroxyl groups is 3. The Labute approximate surface area is 98.1 Å². The summed E-state index contributed by atoms with van der Waals surface area (Å²) in [7, 11) is 0. The van der Waals surface area contributed by atoms with Gasteiger partial charge < -0.3 is 15.3 Å². The third-order valence-electron chi connectivity index (χ3n) is 2.26. The van der Waals surface area contributed by atoms with Crippen molar-refractivity contribution in [3.63, 3.8) is 0 Å². The molecule has 0 radical (unpaired) electrons. The zero-order valence-electron chi connectivity index (χ0n) is 8.91. The van der Waals surface area contributed by atoms with Gasteiger partial charge in [0, 0.05) is 6.21 Å². The molecular weight excluding hydrogens is 218 g/mol. The average molecular weight is 229 g/mol. The average Bonchev–Trinajstić information content (AvgIpc) is 2.36. The predicted octanol–water partition coefficient (Wildman–Crippen LogP) is 2.55. The van der Waals surface area contributed by atoms with Crippen molar-refractivity contribution < 1.29 is 15.3 Å². The van der Waals surface area contributed by atoms with Gasteiger partial charge in [-0.25, -0.2) is 0 Å². The summed E-state index contributed by atoms with van der Waals surface area (Å²) in [5.74, 6) is -1.37. The zero-order valence-corrected chi connectivity index (χ0v) is 8.91. The number of hydrogen-bond donors (Lipinski definition) is 3. The Morgan fingerprint density at radius 2 is 1.53 bits per heavy atom. The summed E-state index contributed by atoms with van der Waals surface area (Å²) >= 11 is 0. The first-order valence-electron chi connectivity index (χ1n) is 5.01. The molecule has 0 amide bonds. The fourth-order valence-electron chi connectivity index (χ4n) is 1.35. The topological polar surface area (TPSA) is 73.1 Å². The van der Waals surface area contributed by atoms with Crippen LogP contribution in [0.1, 0.15) is 5.56 Å². The van der Waals surface area contributed by atoms with Gasteiger partial charge in [0.2, 0.25) is 5.75 Å². The van der Waals surface area contributed by atoms with E-state index in [1.807, 2.05) is 30.3 Å². The van der Waals surface area contributed by atoms with Gasteiger partial charge in [-0.05, 0) is 17.7 Å². The first-order valence-corrected chi connectivity index (χ1v) is 5.01. The lowest BCUT2D eigenvalue weighted by Gasteiger charge is -2.02. The van der Waals surface area contributed by atoms with Gasteiger partial charge in [0.05, 0.1) is 0 Å². The minimum atomic E-state index is -0.562. The van der Waals surface area contributed by atoms with Gasteiger partial charge in [0.15, 0.2) is 11.5 Å². The van der Waals surface area contributed by atoms with E-state index in [0.29, 0.717) is 0 Å². The van der Waals surface area contributed by atoms with Crippen molar-refractivity contribution in [3.8, 4) is 17.2 Å². The second-order valence-electron chi connectivity index (χ2n) is 3.47. The molecule has 0 aromatic heterocycles. The third kappa shape index (κ3) is 2.36. The molecule has 3 N–H and O–H groups in total. The van der Waals surface area contributed by atoms with Crippen molar-refractivity contribution in [2.75, 3.05) is 0 Å².